The lowest BCUT2D eigenvalue weighted by Crippen LogP contribution is -2.34. The summed E-state index contributed by atoms with van der Waals surface area (Å²) in [5.41, 5.74) is 8.74. The van der Waals surface area contributed by atoms with Crippen LogP contribution < -0.4 is 5.73 Å². The second-order valence-corrected chi connectivity index (χ2v) is 4.77. The standard InChI is InChI=1S/C16H18FN/c1-3-12-6-4-7-13(10-12)16(2,18)14-8-5-9-15(17)11-14/h4-11H,3,18H2,1-2H3. The van der Waals surface area contributed by atoms with Crippen molar-refractivity contribution in [1.29, 1.82) is 0 Å². The minimum atomic E-state index is -0.673. The van der Waals surface area contributed by atoms with E-state index in [0.29, 0.717) is 0 Å². The molecule has 2 heteroatoms. The zero-order valence-electron chi connectivity index (χ0n) is 10.8. The molecule has 2 aromatic rings. The maximum absolute atomic E-state index is 13.3. The van der Waals surface area contributed by atoms with E-state index in [1.807, 2.05) is 25.1 Å². The van der Waals surface area contributed by atoms with Gasteiger partial charge in [-0.15, -0.1) is 0 Å². The Morgan fingerprint density at radius 2 is 1.67 bits per heavy atom. The van der Waals surface area contributed by atoms with E-state index in [-0.39, 0.29) is 5.82 Å². The summed E-state index contributed by atoms with van der Waals surface area (Å²) in [5, 5.41) is 0. The monoisotopic (exact) mass is 243 g/mol. The van der Waals surface area contributed by atoms with Crippen LogP contribution in [0.5, 0.6) is 0 Å². The first-order valence-corrected chi connectivity index (χ1v) is 6.18. The lowest BCUT2D eigenvalue weighted by molar-refractivity contribution is 0.581. The predicted octanol–water partition coefficient (Wildman–Crippen LogP) is 3.61. The predicted molar refractivity (Wildman–Crippen MR) is 72.9 cm³/mol. The molecule has 0 aliphatic rings. The van der Waals surface area contributed by atoms with Crippen LogP contribution in [0.15, 0.2) is 48.5 Å². The molecule has 0 fully saturated rings. The third-order valence-electron chi connectivity index (χ3n) is 3.36. The Balaban J connectivity index is 2.46. The van der Waals surface area contributed by atoms with Crippen molar-refractivity contribution in [2.75, 3.05) is 0 Å². The zero-order valence-corrected chi connectivity index (χ0v) is 10.8. The highest BCUT2D eigenvalue weighted by atomic mass is 19.1. The van der Waals surface area contributed by atoms with Gasteiger partial charge in [0.1, 0.15) is 5.82 Å². The fraction of sp³-hybridized carbons (Fsp3) is 0.250. The molecule has 1 atom stereocenters. The van der Waals surface area contributed by atoms with Gasteiger partial charge in [-0.3, -0.25) is 0 Å². The SMILES string of the molecule is CCc1cccc(C(C)(N)c2cccc(F)c2)c1. The van der Waals surface area contributed by atoms with Gasteiger partial charge in [-0.05, 0) is 42.2 Å². The Bertz CT molecular complexity index is 546. The Hall–Kier alpha value is -1.67. The summed E-state index contributed by atoms with van der Waals surface area (Å²) in [4.78, 5) is 0. The molecule has 18 heavy (non-hydrogen) atoms. The highest BCUT2D eigenvalue weighted by Crippen LogP contribution is 2.27. The van der Waals surface area contributed by atoms with E-state index in [4.69, 9.17) is 5.73 Å². The van der Waals surface area contributed by atoms with Gasteiger partial charge in [-0.2, -0.15) is 0 Å². The summed E-state index contributed by atoms with van der Waals surface area (Å²) in [7, 11) is 0. The fourth-order valence-electron chi connectivity index (χ4n) is 2.09. The first kappa shape index (κ1) is 12.8. The molecule has 0 bridgehead atoms. The molecular formula is C16H18FN. The smallest absolute Gasteiger partial charge is 0.123 e. The van der Waals surface area contributed by atoms with Crippen molar-refractivity contribution >= 4 is 0 Å². The van der Waals surface area contributed by atoms with Crippen molar-refractivity contribution in [3.05, 3.63) is 71.0 Å². The molecule has 2 aromatic carbocycles. The zero-order chi connectivity index (χ0) is 13.2. The molecule has 0 radical (unpaired) electrons. The van der Waals surface area contributed by atoms with E-state index in [9.17, 15) is 4.39 Å². The number of halogens is 1. The van der Waals surface area contributed by atoms with Crippen molar-refractivity contribution in [2.45, 2.75) is 25.8 Å². The van der Waals surface area contributed by atoms with E-state index in [2.05, 4.69) is 19.1 Å². The summed E-state index contributed by atoms with van der Waals surface area (Å²) in [6.45, 7) is 4.02. The van der Waals surface area contributed by atoms with Crippen LogP contribution in [0.3, 0.4) is 0 Å². The van der Waals surface area contributed by atoms with E-state index in [1.165, 1.54) is 17.7 Å². The molecule has 0 spiro atoms. The van der Waals surface area contributed by atoms with E-state index >= 15 is 0 Å². The summed E-state index contributed by atoms with van der Waals surface area (Å²) in [6.07, 6.45) is 0.965. The second kappa shape index (κ2) is 4.91. The number of rotatable bonds is 3. The molecule has 2 rings (SSSR count). The summed E-state index contributed by atoms with van der Waals surface area (Å²) in [6, 6.07) is 14.6. The number of benzene rings is 2. The van der Waals surface area contributed by atoms with Crippen LogP contribution in [-0.4, -0.2) is 0 Å². The molecular weight excluding hydrogens is 225 g/mol. The number of nitrogens with two attached hydrogens (primary N) is 1. The molecule has 0 aliphatic heterocycles. The molecule has 2 N–H and O–H groups in total. The van der Waals surface area contributed by atoms with Crippen molar-refractivity contribution < 1.29 is 4.39 Å². The minimum absolute atomic E-state index is 0.254. The van der Waals surface area contributed by atoms with Crippen LogP contribution in [0.4, 0.5) is 4.39 Å². The van der Waals surface area contributed by atoms with Gasteiger partial charge in [-0.25, -0.2) is 4.39 Å². The number of hydrogen-bond donors (Lipinski definition) is 1. The third kappa shape index (κ3) is 2.44. The Morgan fingerprint density at radius 3 is 2.28 bits per heavy atom. The topological polar surface area (TPSA) is 26.0 Å². The molecule has 1 unspecified atom stereocenters. The van der Waals surface area contributed by atoms with Crippen molar-refractivity contribution in [1.82, 2.24) is 0 Å². The highest BCUT2D eigenvalue weighted by Gasteiger charge is 2.24. The van der Waals surface area contributed by atoms with Crippen molar-refractivity contribution in [2.24, 2.45) is 5.73 Å². The maximum Gasteiger partial charge on any atom is 0.123 e. The average molecular weight is 243 g/mol. The number of aryl methyl sites for hydroxylation is 1. The first-order chi connectivity index (χ1) is 8.54. The molecule has 0 amide bonds. The average Bonchev–Trinajstić information content (AvgIpc) is 2.39. The van der Waals surface area contributed by atoms with Crippen LogP contribution in [-0.2, 0) is 12.0 Å². The van der Waals surface area contributed by atoms with Crippen LogP contribution in [0.1, 0.15) is 30.5 Å². The molecule has 0 saturated carbocycles. The van der Waals surface area contributed by atoms with Gasteiger partial charge < -0.3 is 5.73 Å². The number of hydrogen-bond acceptors (Lipinski definition) is 1. The lowest BCUT2D eigenvalue weighted by atomic mass is 9.85. The summed E-state index contributed by atoms with van der Waals surface area (Å²) >= 11 is 0. The van der Waals surface area contributed by atoms with Crippen LogP contribution in [0, 0.1) is 5.82 Å². The van der Waals surface area contributed by atoms with Crippen molar-refractivity contribution in [3.63, 3.8) is 0 Å². The fourth-order valence-corrected chi connectivity index (χ4v) is 2.09. The van der Waals surface area contributed by atoms with Gasteiger partial charge >= 0.3 is 0 Å². The first-order valence-electron chi connectivity index (χ1n) is 6.18. The van der Waals surface area contributed by atoms with Gasteiger partial charge in [0.05, 0.1) is 5.54 Å². The quantitative estimate of drug-likeness (QED) is 0.875. The van der Waals surface area contributed by atoms with E-state index in [0.717, 1.165) is 17.5 Å². The molecule has 0 saturated heterocycles. The molecule has 0 aromatic heterocycles. The van der Waals surface area contributed by atoms with Crippen LogP contribution in [0.25, 0.3) is 0 Å². The van der Waals surface area contributed by atoms with E-state index < -0.39 is 5.54 Å². The van der Waals surface area contributed by atoms with Gasteiger partial charge in [0.25, 0.3) is 0 Å². The molecule has 0 aliphatic carbocycles. The van der Waals surface area contributed by atoms with Gasteiger partial charge in [0, 0.05) is 0 Å². The van der Waals surface area contributed by atoms with Crippen LogP contribution in [0.2, 0.25) is 0 Å². The van der Waals surface area contributed by atoms with Crippen molar-refractivity contribution in [3.8, 4) is 0 Å². The van der Waals surface area contributed by atoms with Gasteiger partial charge in [-0.1, -0.05) is 43.3 Å². The second-order valence-electron chi connectivity index (χ2n) is 4.77. The third-order valence-corrected chi connectivity index (χ3v) is 3.36. The maximum atomic E-state index is 13.3. The summed E-state index contributed by atoms with van der Waals surface area (Å²) in [5.74, 6) is -0.254. The highest BCUT2D eigenvalue weighted by molar-refractivity contribution is 5.38. The van der Waals surface area contributed by atoms with Gasteiger partial charge in [0.2, 0.25) is 0 Å². The Labute approximate surface area is 107 Å². The molecule has 1 nitrogen and oxygen atoms in total. The molecule has 94 valence electrons. The normalized spacial score (nSPS) is 14.2. The lowest BCUT2D eigenvalue weighted by Gasteiger charge is -2.26. The van der Waals surface area contributed by atoms with Crippen LogP contribution >= 0.6 is 0 Å². The Kier molecular flexibility index (Phi) is 3.48. The van der Waals surface area contributed by atoms with E-state index in [1.54, 1.807) is 6.07 Å². The van der Waals surface area contributed by atoms with Gasteiger partial charge in [0.15, 0.2) is 0 Å². The summed E-state index contributed by atoms with van der Waals surface area (Å²) < 4.78 is 13.3. The largest absolute Gasteiger partial charge is 0.318 e. The minimum Gasteiger partial charge on any atom is -0.318 e. The Morgan fingerprint density at radius 1 is 1.06 bits per heavy atom. The molecule has 0 heterocycles.